The number of nitrogens with zero attached hydrogens (tertiary/aromatic N) is 1. The molecule has 0 unspecified atom stereocenters. The lowest BCUT2D eigenvalue weighted by Gasteiger charge is -2.07. The summed E-state index contributed by atoms with van der Waals surface area (Å²) in [5.74, 6) is -0.596. The van der Waals surface area contributed by atoms with Crippen LogP contribution in [0.5, 0.6) is 5.75 Å². The molecule has 21 heavy (non-hydrogen) atoms. The number of unbranched alkanes of at least 4 members (excludes halogenated alkanes) is 1. The van der Waals surface area contributed by atoms with Crippen molar-refractivity contribution in [3.8, 4) is 17.0 Å². The number of carboxylic acid groups (broad SMARTS) is 1. The molecule has 2 rings (SSSR count). The van der Waals surface area contributed by atoms with Gasteiger partial charge in [0.1, 0.15) is 11.3 Å². The van der Waals surface area contributed by atoms with E-state index in [4.69, 9.17) is 9.84 Å². The molecule has 0 radical (unpaired) electrons. The maximum absolute atomic E-state index is 11.4. The molecule has 0 aliphatic heterocycles. The molecule has 0 aliphatic carbocycles. The van der Waals surface area contributed by atoms with Crippen molar-refractivity contribution in [2.24, 2.45) is 0 Å². The lowest BCUT2D eigenvalue weighted by molar-refractivity contribution is 0.0694. The molecule has 1 heterocycles. The number of hydrogen-bond donors (Lipinski definition) is 2. The van der Waals surface area contributed by atoms with Crippen molar-refractivity contribution in [1.29, 1.82) is 0 Å². The second kappa shape index (κ2) is 6.69. The Bertz CT molecular complexity index is 694. The second-order valence-electron chi connectivity index (χ2n) is 4.53. The van der Waals surface area contributed by atoms with E-state index in [0.717, 1.165) is 12.8 Å². The fourth-order valence-corrected chi connectivity index (χ4v) is 1.79. The number of carboxylic acids is 1. The fourth-order valence-electron chi connectivity index (χ4n) is 1.79. The molecular formula is C15H16N2O4. The number of rotatable bonds is 6. The van der Waals surface area contributed by atoms with Crippen LogP contribution in [0.15, 0.2) is 35.1 Å². The highest BCUT2D eigenvalue weighted by molar-refractivity contribution is 5.88. The first-order valence-electron chi connectivity index (χ1n) is 6.68. The van der Waals surface area contributed by atoms with Gasteiger partial charge in [0.2, 0.25) is 0 Å². The van der Waals surface area contributed by atoms with Crippen LogP contribution < -0.4 is 10.3 Å². The molecule has 0 saturated heterocycles. The minimum atomic E-state index is -1.28. The molecule has 0 amide bonds. The zero-order valence-electron chi connectivity index (χ0n) is 11.6. The molecule has 1 aromatic heterocycles. The van der Waals surface area contributed by atoms with E-state index >= 15 is 0 Å². The maximum Gasteiger partial charge on any atom is 0.341 e. The monoisotopic (exact) mass is 288 g/mol. The van der Waals surface area contributed by atoms with Crippen LogP contribution in [0, 0.1) is 0 Å². The van der Waals surface area contributed by atoms with E-state index in [9.17, 15) is 9.59 Å². The van der Waals surface area contributed by atoms with Gasteiger partial charge in [-0.2, -0.15) is 5.10 Å². The van der Waals surface area contributed by atoms with E-state index in [0.29, 0.717) is 23.6 Å². The number of hydrogen-bond acceptors (Lipinski definition) is 4. The van der Waals surface area contributed by atoms with Crippen LogP contribution in [0.4, 0.5) is 0 Å². The number of aromatic amines is 1. The molecule has 0 aliphatic rings. The van der Waals surface area contributed by atoms with Crippen LogP contribution >= 0.6 is 0 Å². The highest BCUT2D eigenvalue weighted by Gasteiger charge is 2.11. The minimum Gasteiger partial charge on any atom is -0.494 e. The number of carbonyl (C=O) groups is 1. The third kappa shape index (κ3) is 3.68. The molecule has 6 nitrogen and oxygen atoms in total. The first kappa shape index (κ1) is 14.8. The molecule has 0 bridgehead atoms. The van der Waals surface area contributed by atoms with Crippen LogP contribution in [-0.2, 0) is 0 Å². The topological polar surface area (TPSA) is 92.3 Å². The van der Waals surface area contributed by atoms with Crippen LogP contribution in [0.2, 0.25) is 0 Å². The molecule has 0 atom stereocenters. The van der Waals surface area contributed by atoms with E-state index < -0.39 is 11.5 Å². The van der Waals surface area contributed by atoms with Crippen molar-refractivity contribution in [3.05, 3.63) is 46.2 Å². The summed E-state index contributed by atoms with van der Waals surface area (Å²) in [4.78, 5) is 22.3. The fraction of sp³-hybridized carbons (Fsp3) is 0.267. The van der Waals surface area contributed by atoms with Crippen molar-refractivity contribution in [1.82, 2.24) is 10.2 Å². The van der Waals surface area contributed by atoms with E-state index in [1.807, 2.05) is 6.07 Å². The molecule has 2 N–H and O–H groups in total. The SMILES string of the molecule is CCCCOc1cccc(-c2cc(C(=O)O)c(=O)[nH]n2)c1. The van der Waals surface area contributed by atoms with Crippen molar-refractivity contribution in [2.75, 3.05) is 6.61 Å². The number of aromatic nitrogens is 2. The average molecular weight is 288 g/mol. The minimum absolute atomic E-state index is 0.336. The molecular weight excluding hydrogens is 272 g/mol. The predicted octanol–water partition coefficient (Wildman–Crippen LogP) is 2.31. The molecule has 0 fully saturated rings. The summed E-state index contributed by atoms with van der Waals surface area (Å²) in [6.45, 7) is 2.71. The maximum atomic E-state index is 11.4. The summed E-state index contributed by atoms with van der Waals surface area (Å²) in [5, 5.41) is 15.0. The Morgan fingerprint density at radius 3 is 2.90 bits per heavy atom. The highest BCUT2D eigenvalue weighted by Crippen LogP contribution is 2.22. The lowest BCUT2D eigenvalue weighted by Crippen LogP contribution is -2.18. The Morgan fingerprint density at radius 2 is 2.19 bits per heavy atom. The zero-order valence-corrected chi connectivity index (χ0v) is 11.6. The molecule has 1 aromatic carbocycles. The third-order valence-corrected chi connectivity index (χ3v) is 2.93. The molecule has 110 valence electrons. The summed E-state index contributed by atoms with van der Waals surface area (Å²) in [7, 11) is 0. The van der Waals surface area contributed by atoms with Gasteiger partial charge in [0.25, 0.3) is 5.56 Å². The van der Waals surface area contributed by atoms with Gasteiger partial charge in [0, 0.05) is 5.56 Å². The normalized spacial score (nSPS) is 10.3. The zero-order chi connectivity index (χ0) is 15.2. The summed E-state index contributed by atoms with van der Waals surface area (Å²) >= 11 is 0. The summed E-state index contributed by atoms with van der Waals surface area (Å²) in [6.07, 6.45) is 2.01. The van der Waals surface area contributed by atoms with Crippen molar-refractivity contribution in [3.63, 3.8) is 0 Å². The van der Waals surface area contributed by atoms with E-state index in [2.05, 4.69) is 17.1 Å². The quantitative estimate of drug-likeness (QED) is 0.796. The summed E-state index contributed by atoms with van der Waals surface area (Å²) < 4.78 is 5.59. The largest absolute Gasteiger partial charge is 0.494 e. The van der Waals surface area contributed by atoms with Gasteiger partial charge >= 0.3 is 5.97 Å². The van der Waals surface area contributed by atoms with E-state index in [-0.39, 0.29) is 5.56 Å². The van der Waals surface area contributed by atoms with Gasteiger partial charge in [-0.1, -0.05) is 25.5 Å². The van der Waals surface area contributed by atoms with Gasteiger partial charge in [-0.25, -0.2) is 9.89 Å². The number of H-pyrrole nitrogens is 1. The third-order valence-electron chi connectivity index (χ3n) is 2.93. The number of nitrogens with one attached hydrogen (secondary N) is 1. The number of aromatic carboxylic acids is 1. The lowest BCUT2D eigenvalue weighted by atomic mass is 10.1. The van der Waals surface area contributed by atoms with Gasteiger partial charge in [-0.05, 0) is 24.6 Å². The van der Waals surface area contributed by atoms with E-state index in [1.165, 1.54) is 6.07 Å². The van der Waals surface area contributed by atoms with Gasteiger partial charge in [0.05, 0.1) is 12.3 Å². The standard InChI is InChI=1S/C15H16N2O4/c1-2-3-7-21-11-6-4-5-10(8-11)13-9-12(15(19)20)14(18)17-16-13/h4-6,8-9H,2-3,7H2,1H3,(H,17,18)(H,19,20). The molecule has 0 spiro atoms. The highest BCUT2D eigenvalue weighted by atomic mass is 16.5. The van der Waals surface area contributed by atoms with Gasteiger partial charge < -0.3 is 9.84 Å². The molecule has 0 saturated carbocycles. The first-order valence-corrected chi connectivity index (χ1v) is 6.68. The van der Waals surface area contributed by atoms with Gasteiger partial charge in [-0.3, -0.25) is 4.79 Å². The average Bonchev–Trinajstić information content (AvgIpc) is 2.48. The van der Waals surface area contributed by atoms with Crippen LogP contribution in [0.3, 0.4) is 0 Å². The van der Waals surface area contributed by atoms with E-state index in [1.54, 1.807) is 18.2 Å². The Balaban J connectivity index is 2.29. The van der Waals surface area contributed by atoms with Crippen molar-refractivity contribution < 1.29 is 14.6 Å². The van der Waals surface area contributed by atoms with Crippen molar-refractivity contribution in [2.45, 2.75) is 19.8 Å². The van der Waals surface area contributed by atoms with Crippen LogP contribution in [0.1, 0.15) is 30.1 Å². The smallest absolute Gasteiger partial charge is 0.341 e. The van der Waals surface area contributed by atoms with Crippen molar-refractivity contribution >= 4 is 5.97 Å². The first-order chi connectivity index (χ1) is 10.1. The Kier molecular flexibility index (Phi) is 4.71. The van der Waals surface area contributed by atoms with Crippen LogP contribution in [-0.4, -0.2) is 27.9 Å². The molecule has 2 aromatic rings. The number of ether oxygens (including phenoxy) is 1. The number of benzene rings is 1. The Labute approximate surface area is 121 Å². The molecule has 6 heteroatoms. The summed E-state index contributed by atoms with van der Waals surface area (Å²) in [6, 6.07) is 8.42. The Hall–Kier alpha value is -2.63. The second-order valence-corrected chi connectivity index (χ2v) is 4.53. The predicted molar refractivity (Wildman–Crippen MR) is 77.7 cm³/mol. The Morgan fingerprint density at radius 1 is 1.38 bits per heavy atom. The van der Waals surface area contributed by atoms with Gasteiger partial charge in [-0.15, -0.1) is 0 Å². The van der Waals surface area contributed by atoms with Gasteiger partial charge in [0.15, 0.2) is 0 Å². The summed E-state index contributed by atoms with van der Waals surface area (Å²) in [5.41, 5.74) is 0.00888. The van der Waals surface area contributed by atoms with Crippen LogP contribution in [0.25, 0.3) is 11.3 Å².